The summed E-state index contributed by atoms with van der Waals surface area (Å²) in [6.45, 7) is 0.402. The minimum atomic E-state index is 0.293. The Kier molecular flexibility index (Phi) is 3.43. The fourth-order valence-electron chi connectivity index (χ4n) is 1.30. The Bertz CT molecular complexity index is 499. The van der Waals surface area contributed by atoms with E-state index in [-0.39, 0.29) is 0 Å². The lowest BCUT2D eigenvalue weighted by molar-refractivity contribution is 0.179. The van der Waals surface area contributed by atoms with Crippen LogP contribution in [0.25, 0.3) is 5.69 Å². The smallest absolute Gasteiger partial charge is 0.156 e. The van der Waals surface area contributed by atoms with E-state index in [1.807, 2.05) is 0 Å². The lowest BCUT2D eigenvalue weighted by atomic mass is 10.4. The zero-order chi connectivity index (χ0) is 11.5. The first-order valence-corrected chi connectivity index (χ1v) is 5.24. The summed E-state index contributed by atoms with van der Waals surface area (Å²) in [6.07, 6.45) is 1.55. The predicted octanol–water partition coefficient (Wildman–Crippen LogP) is 2.52. The van der Waals surface area contributed by atoms with Crippen molar-refractivity contribution in [2.75, 3.05) is 7.11 Å². The van der Waals surface area contributed by atoms with Gasteiger partial charge in [-0.05, 0) is 12.1 Å². The number of nitrogens with zero attached hydrogens (tertiary/aromatic N) is 3. The average molecular weight is 257 g/mol. The predicted molar refractivity (Wildman–Crippen MR) is 60.9 cm³/mol. The van der Waals surface area contributed by atoms with Gasteiger partial charge in [0.25, 0.3) is 0 Å². The fourth-order valence-corrected chi connectivity index (χ4v) is 1.73. The van der Waals surface area contributed by atoms with Crippen LogP contribution in [-0.2, 0) is 11.3 Å². The van der Waals surface area contributed by atoms with Gasteiger partial charge in [-0.3, -0.25) is 0 Å². The highest BCUT2D eigenvalue weighted by Gasteiger charge is 2.10. The molecule has 0 spiro atoms. The first-order chi connectivity index (χ1) is 7.72. The summed E-state index contributed by atoms with van der Waals surface area (Å²) in [5.74, 6) is 0. The Morgan fingerprint density at radius 3 is 2.94 bits per heavy atom. The van der Waals surface area contributed by atoms with E-state index in [1.165, 1.54) is 0 Å². The fraction of sp³-hybridized carbons (Fsp3) is 0.200. The first kappa shape index (κ1) is 11.4. The zero-order valence-corrected chi connectivity index (χ0v) is 9.96. The summed E-state index contributed by atoms with van der Waals surface area (Å²) < 4.78 is 6.65. The third kappa shape index (κ3) is 2.19. The van der Waals surface area contributed by atoms with Crippen LogP contribution >= 0.6 is 23.2 Å². The molecule has 0 aromatic carbocycles. The SMILES string of the molecule is COCc1[c]cnn1-c1ccc(Cl)nc1Cl. The molecule has 0 saturated carbocycles. The van der Waals surface area contributed by atoms with Crippen molar-refractivity contribution in [3.05, 3.63) is 40.4 Å². The number of hydrogen-bond donors (Lipinski definition) is 0. The maximum Gasteiger partial charge on any atom is 0.156 e. The molecule has 0 atom stereocenters. The molecule has 4 nitrogen and oxygen atoms in total. The monoisotopic (exact) mass is 256 g/mol. The van der Waals surface area contributed by atoms with Gasteiger partial charge in [-0.2, -0.15) is 5.10 Å². The molecule has 0 saturated heterocycles. The highest BCUT2D eigenvalue weighted by atomic mass is 35.5. The molecule has 0 fully saturated rings. The molecular weight excluding hydrogens is 249 g/mol. The molecule has 0 unspecified atom stereocenters. The van der Waals surface area contributed by atoms with Crippen molar-refractivity contribution in [2.24, 2.45) is 0 Å². The maximum atomic E-state index is 5.98. The van der Waals surface area contributed by atoms with Gasteiger partial charge < -0.3 is 4.74 Å². The second-order valence-electron chi connectivity index (χ2n) is 3.02. The van der Waals surface area contributed by atoms with E-state index in [0.29, 0.717) is 22.6 Å². The topological polar surface area (TPSA) is 39.9 Å². The van der Waals surface area contributed by atoms with Crippen molar-refractivity contribution in [1.82, 2.24) is 14.8 Å². The highest BCUT2D eigenvalue weighted by Crippen LogP contribution is 2.21. The van der Waals surface area contributed by atoms with Crippen LogP contribution in [0.15, 0.2) is 18.3 Å². The van der Waals surface area contributed by atoms with Gasteiger partial charge in [-0.25, -0.2) is 9.67 Å². The van der Waals surface area contributed by atoms with E-state index in [9.17, 15) is 0 Å². The molecule has 0 N–H and O–H groups in total. The van der Waals surface area contributed by atoms with Gasteiger partial charge in [0.1, 0.15) is 10.8 Å². The number of ether oxygens (including phenoxy) is 1. The van der Waals surface area contributed by atoms with Gasteiger partial charge in [0.2, 0.25) is 0 Å². The van der Waals surface area contributed by atoms with Crippen LogP contribution in [0.3, 0.4) is 0 Å². The maximum absolute atomic E-state index is 5.98. The van der Waals surface area contributed by atoms with E-state index in [2.05, 4.69) is 16.1 Å². The molecule has 0 aliphatic rings. The van der Waals surface area contributed by atoms with E-state index in [1.54, 1.807) is 30.1 Å². The average Bonchev–Trinajstić information content (AvgIpc) is 2.67. The molecule has 2 rings (SSSR count). The van der Waals surface area contributed by atoms with Crippen molar-refractivity contribution >= 4 is 23.2 Å². The van der Waals surface area contributed by atoms with Gasteiger partial charge >= 0.3 is 0 Å². The summed E-state index contributed by atoms with van der Waals surface area (Å²) >= 11 is 11.7. The van der Waals surface area contributed by atoms with Crippen LogP contribution in [0.5, 0.6) is 0 Å². The van der Waals surface area contributed by atoms with Crippen molar-refractivity contribution in [1.29, 1.82) is 0 Å². The number of hydrogen-bond acceptors (Lipinski definition) is 3. The molecule has 2 aromatic heterocycles. The van der Waals surface area contributed by atoms with Crippen LogP contribution in [-0.4, -0.2) is 21.9 Å². The van der Waals surface area contributed by atoms with Crippen molar-refractivity contribution in [3.8, 4) is 5.69 Å². The zero-order valence-electron chi connectivity index (χ0n) is 8.44. The van der Waals surface area contributed by atoms with Gasteiger partial charge in [0.15, 0.2) is 5.15 Å². The van der Waals surface area contributed by atoms with E-state index in [4.69, 9.17) is 27.9 Å². The van der Waals surface area contributed by atoms with Gasteiger partial charge in [-0.1, -0.05) is 23.2 Å². The minimum Gasteiger partial charge on any atom is -0.378 e. The number of methoxy groups -OCH3 is 1. The third-order valence-corrected chi connectivity index (χ3v) is 2.45. The molecule has 1 radical (unpaired) electrons. The number of aromatic nitrogens is 3. The molecule has 16 heavy (non-hydrogen) atoms. The number of pyridine rings is 1. The van der Waals surface area contributed by atoms with Crippen LogP contribution in [0.2, 0.25) is 10.3 Å². The van der Waals surface area contributed by atoms with Crippen LogP contribution < -0.4 is 0 Å². The summed E-state index contributed by atoms with van der Waals surface area (Å²) in [4.78, 5) is 3.95. The van der Waals surface area contributed by atoms with Crippen LogP contribution in [0.4, 0.5) is 0 Å². The van der Waals surface area contributed by atoms with Crippen molar-refractivity contribution in [2.45, 2.75) is 6.61 Å². The third-order valence-electron chi connectivity index (χ3n) is 1.96. The summed E-state index contributed by atoms with van der Waals surface area (Å²) in [5.41, 5.74) is 1.42. The van der Waals surface area contributed by atoms with Gasteiger partial charge in [0, 0.05) is 13.2 Å². The Labute approximate surface area is 103 Å². The molecule has 6 heteroatoms. The summed E-state index contributed by atoms with van der Waals surface area (Å²) in [5, 5.41) is 4.75. The highest BCUT2D eigenvalue weighted by molar-refractivity contribution is 6.33. The quantitative estimate of drug-likeness (QED) is 0.793. The van der Waals surface area contributed by atoms with E-state index >= 15 is 0 Å². The van der Waals surface area contributed by atoms with Crippen molar-refractivity contribution < 1.29 is 4.74 Å². The molecule has 0 amide bonds. The summed E-state index contributed by atoms with van der Waals surface area (Å²) in [7, 11) is 1.60. The number of rotatable bonds is 3. The standard InChI is InChI=1S/C10H8Cl2N3O/c1-16-6-7-4-5-13-15(7)8-2-3-9(11)14-10(8)12/h2-3,5H,6H2,1H3. The Hall–Kier alpha value is -1.10. The molecule has 0 bridgehead atoms. The normalized spacial score (nSPS) is 10.7. The largest absolute Gasteiger partial charge is 0.378 e. The second-order valence-corrected chi connectivity index (χ2v) is 3.77. The molecule has 2 aromatic rings. The molecule has 0 aliphatic heterocycles. The number of halogens is 2. The second kappa shape index (κ2) is 4.82. The Morgan fingerprint density at radius 1 is 1.44 bits per heavy atom. The Balaban J connectivity index is 2.46. The van der Waals surface area contributed by atoms with Gasteiger partial charge in [-0.15, -0.1) is 0 Å². The van der Waals surface area contributed by atoms with Crippen LogP contribution in [0.1, 0.15) is 5.69 Å². The molecule has 83 valence electrons. The Morgan fingerprint density at radius 2 is 2.25 bits per heavy atom. The molecular formula is C10H8Cl2N3O. The lowest BCUT2D eigenvalue weighted by Gasteiger charge is -2.07. The van der Waals surface area contributed by atoms with E-state index in [0.717, 1.165) is 5.69 Å². The lowest BCUT2D eigenvalue weighted by Crippen LogP contribution is -2.04. The summed E-state index contributed by atoms with van der Waals surface area (Å²) in [6, 6.07) is 6.36. The van der Waals surface area contributed by atoms with Crippen molar-refractivity contribution in [3.63, 3.8) is 0 Å². The van der Waals surface area contributed by atoms with Gasteiger partial charge in [0.05, 0.1) is 18.5 Å². The first-order valence-electron chi connectivity index (χ1n) is 4.48. The molecule has 0 aliphatic carbocycles. The molecule has 2 heterocycles. The van der Waals surface area contributed by atoms with E-state index < -0.39 is 0 Å². The minimum absolute atomic E-state index is 0.293. The van der Waals surface area contributed by atoms with Crippen LogP contribution in [0, 0.1) is 6.07 Å².